The number of piperazine rings is 2. The minimum atomic E-state index is -0.715. The second kappa shape index (κ2) is 33.7. The highest BCUT2D eigenvalue weighted by Gasteiger charge is 2.51. The normalized spacial score (nSPS) is 19.6. The molecule has 3 spiro atoms. The van der Waals surface area contributed by atoms with Gasteiger partial charge in [-0.2, -0.15) is 19.9 Å². The van der Waals surface area contributed by atoms with Crippen molar-refractivity contribution in [2.45, 2.75) is 140 Å². The Bertz CT molecular complexity index is 5490. The molecule has 3 N–H and O–H groups in total. The Morgan fingerprint density at radius 2 is 0.858 bits per heavy atom. The number of aldehydes is 1. The summed E-state index contributed by atoms with van der Waals surface area (Å²) in [6.45, 7) is 26.8. The number of aromatic nitrogens is 14. The molecule has 5 amide bonds. The van der Waals surface area contributed by atoms with E-state index in [1.807, 2.05) is 50.4 Å². The number of fused-ring (bicyclic) bond motifs is 13. The van der Waals surface area contributed by atoms with Crippen molar-refractivity contribution in [1.82, 2.24) is 93.0 Å². The number of nitrogens with one attached hydrogen (secondary N) is 3. The van der Waals surface area contributed by atoms with E-state index < -0.39 is 46.3 Å². The van der Waals surface area contributed by atoms with Gasteiger partial charge >= 0.3 is 12.2 Å². The Labute approximate surface area is 703 Å². The average Bonchev–Trinajstić information content (AvgIpc) is 1.54. The number of carbonyl (C=O) groups is 6. The first-order chi connectivity index (χ1) is 57.6. The highest BCUT2D eigenvalue weighted by Crippen LogP contribution is 2.44. The van der Waals surface area contributed by atoms with Crippen LogP contribution in [0.25, 0.3) is 44.1 Å². The number of carbonyl (C=O) groups excluding carboxylic acids is 6. The van der Waals surface area contributed by atoms with Crippen molar-refractivity contribution in [3.63, 3.8) is 0 Å². The zero-order valence-electron chi connectivity index (χ0n) is 69.1. The number of hydrogen-bond donors (Lipinski definition) is 3. The second-order valence-corrected chi connectivity index (χ2v) is 34.8. The van der Waals surface area contributed by atoms with Gasteiger partial charge in [0.25, 0.3) is 17.7 Å². The van der Waals surface area contributed by atoms with E-state index in [1.165, 1.54) is 9.80 Å². The summed E-state index contributed by atoms with van der Waals surface area (Å²) in [5.41, 5.74) is 4.21. The van der Waals surface area contributed by atoms with Gasteiger partial charge in [0.2, 0.25) is 22.5 Å². The molecule has 10 aromatic heterocycles. The third-order valence-corrected chi connectivity index (χ3v) is 24.5. The SMILES string of the molecule is CC(C)(C)OC(=O)N1CC2(CCOCC2)n2c(cc3cnc(Cl)nc32)C1=O.CCC1(n2c(C=O)cc3cnc(Cl)nc32)CCOCC1.CN1CCN(c2ccc(Nc3ncc4cc5n(c4n3)C3(CCOCC3)CN(C(=O)OC(C)(C)C)C5=O)nc2)CC1.CN1CCN(c2ccc(Nc3ncc4cc5n(c4n3)C3(CCOCC3)CNC5=O)nc2)CC1. The standard InChI is InChI=1S/C28H36N8O4.C23H28N8O2.C18H21ClN4O4.C14H16ClN3O2/c1-27(2,3)40-26(38)35-18-28(7-13-39-14-8-28)36-21(24(35)37)15-19-16-30-25(32-23(19)36)31-22-6-5-20(17-29-22)34-11-9-33(4)10-12-34;1-29-6-8-30(9-7-29)17-2-3-19(24-14-17)27-22-25-13-16-12-18-21(32)26-15-23(4-10-33-11-5-23)31(18)20(16)28-22;1-17(2,3)27-16(25)22-10-18(4-6-26-7-5-18)23-12(14(22)24)8-11-9-20-15(19)21-13(11)23;1-2-14(3-5-20-6-4-14)18-11(9-19)7-10-8-16-13(15)17-12(10)18/h5-6,15-17H,7-14,18H2,1-4H3,(H,29,30,31,32);2-3,12-14H,4-11,15H2,1H3,(H,26,32)(H,24,25,27,28);8-9H,4-7,10H2,1-3H3;7-9H,2-6H2,1H3. The van der Waals surface area contributed by atoms with E-state index in [0.717, 1.165) is 130 Å². The smallest absolute Gasteiger partial charge is 0.417 e. The molecule has 6 fully saturated rings. The third-order valence-electron chi connectivity index (χ3n) is 24.1. The topological polar surface area (TPSA) is 362 Å². The molecule has 19 heterocycles. The molecule has 0 atom stereocenters. The van der Waals surface area contributed by atoms with Gasteiger partial charge in [-0.15, -0.1) is 0 Å². The molecule has 120 heavy (non-hydrogen) atoms. The van der Waals surface area contributed by atoms with Gasteiger partial charge in [-0.25, -0.2) is 49.3 Å². The number of imide groups is 2. The van der Waals surface area contributed by atoms with Gasteiger partial charge in [0.05, 0.1) is 64.7 Å². The molecule has 634 valence electrons. The fourth-order valence-corrected chi connectivity index (χ4v) is 17.9. The van der Waals surface area contributed by atoms with E-state index in [9.17, 15) is 28.8 Å². The van der Waals surface area contributed by atoms with Crippen molar-refractivity contribution in [2.75, 3.05) is 159 Å². The van der Waals surface area contributed by atoms with Crippen molar-refractivity contribution < 1.29 is 57.2 Å². The van der Waals surface area contributed by atoms with Crippen molar-refractivity contribution in [1.29, 1.82) is 0 Å². The van der Waals surface area contributed by atoms with Crippen LogP contribution in [-0.2, 0) is 50.6 Å². The third kappa shape index (κ3) is 16.9. The molecular formula is C83H101Cl2N23O12. The summed E-state index contributed by atoms with van der Waals surface area (Å²) < 4.78 is 41.4. The van der Waals surface area contributed by atoms with Crippen LogP contribution in [0, 0.1) is 0 Å². The zero-order chi connectivity index (χ0) is 84.0. The molecule has 0 aromatic carbocycles. The maximum atomic E-state index is 13.6. The Kier molecular flexibility index (Phi) is 23.3. The second-order valence-electron chi connectivity index (χ2n) is 34.2. The van der Waals surface area contributed by atoms with E-state index in [4.69, 9.17) is 61.6 Å². The molecule has 0 unspecified atom stereocenters. The number of anilines is 6. The first-order valence-electron chi connectivity index (χ1n) is 41.0. The lowest BCUT2D eigenvalue weighted by Gasteiger charge is -2.45. The number of pyridine rings is 2. The van der Waals surface area contributed by atoms with Gasteiger partial charge in [-0.3, -0.25) is 19.2 Å². The summed E-state index contributed by atoms with van der Waals surface area (Å²) in [6, 6.07) is 15.2. The van der Waals surface area contributed by atoms with Gasteiger partial charge < -0.3 is 82.2 Å². The van der Waals surface area contributed by atoms with Gasteiger partial charge in [0, 0.05) is 158 Å². The number of amides is 5. The van der Waals surface area contributed by atoms with Crippen LogP contribution in [0.4, 0.5) is 44.5 Å². The summed E-state index contributed by atoms with van der Waals surface area (Å²) in [6.07, 6.45) is 17.0. The molecule has 9 aliphatic rings. The maximum Gasteiger partial charge on any atom is 0.417 e. The lowest BCUT2D eigenvalue weighted by atomic mass is 9.86. The Hall–Kier alpha value is -10.7. The molecule has 6 saturated heterocycles. The van der Waals surface area contributed by atoms with Crippen LogP contribution in [0.3, 0.4) is 0 Å². The molecule has 0 bridgehead atoms. The van der Waals surface area contributed by atoms with Crippen LogP contribution in [0.15, 0.2) is 85.7 Å². The number of likely N-dealkylation sites (N-methyl/N-ethyl adjacent to an activating group) is 2. The lowest BCUT2D eigenvalue weighted by molar-refractivity contribution is -0.0178. The van der Waals surface area contributed by atoms with Crippen LogP contribution in [-0.4, -0.2) is 274 Å². The number of nitrogens with zero attached hydrogens (tertiary/aromatic N) is 20. The lowest BCUT2D eigenvalue weighted by Crippen LogP contribution is -2.58. The van der Waals surface area contributed by atoms with Crippen molar-refractivity contribution in [3.05, 3.63) is 119 Å². The van der Waals surface area contributed by atoms with E-state index in [0.29, 0.717) is 148 Å². The summed E-state index contributed by atoms with van der Waals surface area (Å²) in [5, 5.41) is 13.0. The molecule has 0 saturated carbocycles. The number of rotatable bonds is 9. The summed E-state index contributed by atoms with van der Waals surface area (Å²) >= 11 is 11.9. The van der Waals surface area contributed by atoms with Gasteiger partial charge in [0.15, 0.2) is 6.29 Å². The molecule has 9 aliphatic heterocycles. The molecule has 0 aliphatic carbocycles. The molecule has 19 rings (SSSR count). The molecule has 35 nitrogen and oxygen atoms in total. The van der Waals surface area contributed by atoms with E-state index in [1.54, 1.807) is 78.5 Å². The maximum absolute atomic E-state index is 13.6. The van der Waals surface area contributed by atoms with Gasteiger partial charge in [-0.05, 0) is 185 Å². The van der Waals surface area contributed by atoms with E-state index in [2.05, 4.69) is 113 Å². The summed E-state index contributed by atoms with van der Waals surface area (Å²) in [7, 11) is 4.29. The number of hydrogen-bond acceptors (Lipinski definition) is 28. The average molecular weight is 1680 g/mol. The number of halogens is 2. The summed E-state index contributed by atoms with van der Waals surface area (Å²) in [5.74, 6) is 1.30. The largest absolute Gasteiger partial charge is 0.443 e. The Morgan fingerprint density at radius 3 is 1.26 bits per heavy atom. The predicted molar refractivity (Wildman–Crippen MR) is 449 cm³/mol. The zero-order valence-corrected chi connectivity index (χ0v) is 70.6. The minimum absolute atomic E-state index is 0.0687. The predicted octanol–water partition coefficient (Wildman–Crippen LogP) is 10.6. The number of ether oxygens (including phenoxy) is 6. The molecule has 10 aromatic rings. The molecule has 0 radical (unpaired) electrons. The van der Waals surface area contributed by atoms with Crippen molar-refractivity contribution in [2.24, 2.45) is 0 Å². The van der Waals surface area contributed by atoms with Gasteiger partial charge in [-0.1, -0.05) is 6.92 Å². The first kappa shape index (κ1) is 83.0. The van der Waals surface area contributed by atoms with Crippen molar-refractivity contribution in [3.8, 4) is 0 Å². The summed E-state index contributed by atoms with van der Waals surface area (Å²) in [4.78, 5) is 133. The van der Waals surface area contributed by atoms with E-state index in [-0.39, 0.29) is 40.6 Å². The van der Waals surface area contributed by atoms with Crippen molar-refractivity contribution >= 4 is 138 Å². The monoisotopic (exact) mass is 1680 g/mol. The molecule has 37 heteroatoms. The van der Waals surface area contributed by atoms with Crippen LogP contribution in [0.5, 0.6) is 0 Å². The fraction of sp³-hybridized carbons (Fsp3) is 0.518. The highest BCUT2D eigenvalue weighted by atomic mass is 35.5. The highest BCUT2D eigenvalue weighted by molar-refractivity contribution is 6.29. The quantitative estimate of drug-likeness (QED) is 0.0892. The Balaban J connectivity index is 0.000000122. The van der Waals surface area contributed by atoms with Crippen LogP contribution in [0.2, 0.25) is 10.6 Å². The van der Waals surface area contributed by atoms with Crippen LogP contribution >= 0.6 is 23.2 Å². The van der Waals surface area contributed by atoms with Crippen LogP contribution in [0.1, 0.15) is 148 Å². The van der Waals surface area contributed by atoms with Crippen LogP contribution < -0.4 is 25.8 Å². The minimum Gasteiger partial charge on any atom is -0.443 e. The Morgan fingerprint density at radius 1 is 0.483 bits per heavy atom. The molecular weight excluding hydrogens is 1580 g/mol. The van der Waals surface area contributed by atoms with Gasteiger partial charge in [0.1, 0.15) is 62.5 Å². The fourth-order valence-electron chi connectivity index (χ4n) is 17.6. The van der Waals surface area contributed by atoms with E-state index >= 15 is 0 Å². The first-order valence-corrected chi connectivity index (χ1v) is 41.7.